The van der Waals surface area contributed by atoms with Crippen LogP contribution in [0.25, 0.3) is 0 Å². The van der Waals surface area contributed by atoms with Crippen molar-refractivity contribution in [1.82, 2.24) is 0 Å². The molecule has 0 aromatic heterocycles. The fraction of sp³-hybridized carbons (Fsp3) is 0.556. The predicted octanol–water partition coefficient (Wildman–Crippen LogP) is 1.99. The first-order valence-corrected chi connectivity index (χ1v) is 4.55. The van der Waals surface area contributed by atoms with Gasteiger partial charge in [0.1, 0.15) is 0 Å². The van der Waals surface area contributed by atoms with Gasteiger partial charge in [-0.25, -0.2) is 9.79 Å². The number of nitrogens with zero attached hydrogens (tertiary/aromatic N) is 1. The van der Waals surface area contributed by atoms with Crippen LogP contribution >= 0.6 is 12.2 Å². The van der Waals surface area contributed by atoms with Crippen molar-refractivity contribution < 1.29 is 9.53 Å². The highest BCUT2D eigenvalue weighted by Crippen LogP contribution is 1.96. The Balaban J connectivity index is 3.12. The van der Waals surface area contributed by atoms with Gasteiger partial charge < -0.3 is 4.74 Å². The normalized spacial score (nSPS) is 8.62. The van der Waals surface area contributed by atoms with Crippen molar-refractivity contribution in [3.8, 4) is 0 Å². The highest BCUT2D eigenvalue weighted by Gasteiger charge is 1.94. The molecule has 0 amide bonds. The lowest BCUT2D eigenvalue weighted by molar-refractivity contribution is -0.137. The number of carbonyl (C=O) groups excluding carboxylic acids is 1. The number of unbranched alkanes of at least 4 members (excludes halogenated alkanes) is 2. The van der Waals surface area contributed by atoms with Gasteiger partial charge in [-0.2, -0.15) is 0 Å². The van der Waals surface area contributed by atoms with Gasteiger partial charge in [0, 0.05) is 12.6 Å². The van der Waals surface area contributed by atoms with Crippen molar-refractivity contribution in [3.05, 3.63) is 12.7 Å². The molecule has 4 heteroatoms. The molecule has 0 saturated carbocycles. The van der Waals surface area contributed by atoms with Crippen molar-refractivity contribution >= 4 is 23.3 Å². The average molecular weight is 199 g/mol. The largest absolute Gasteiger partial charge is 0.463 e. The van der Waals surface area contributed by atoms with E-state index in [2.05, 4.69) is 29.0 Å². The predicted molar refractivity (Wildman–Crippen MR) is 54.9 cm³/mol. The zero-order valence-corrected chi connectivity index (χ0v) is 8.31. The standard InChI is InChI=1S/C9H13NO2S/c1-2-9(11)12-7-5-3-4-6-10-8-13/h2H,1,3-7H2. The summed E-state index contributed by atoms with van der Waals surface area (Å²) in [4.78, 5) is 14.3. The fourth-order valence-corrected chi connectivity index (χ4v) is 0.838. The Hall–Kier alpha value is -0.990. The molecular formula is C9H13NO2S. The van der Waals surface area contributed by atoms with Crippen LogP contribution in [0.2, 0.25) is 0 Å². The van der Waals surface area contributed by atoms with Gasteiger partial charge in [-0.05, 0) is 31.5 Å². The van der Waals surface area contributed by atoms with Gasteiger partial charge in [-0.1, -0.05) is 6.58 Å². The minimum atomic E-state index is -0.364. The molecule has 0 aliphatic heterocycles. The second kappa shape index (κ2) is 9.10. The molecule has 72 valence electrons. The number of rotatable bonds is 7. The van der Waals surface area contributed by atoms with E-state index in [1.54, 1.807) is 0 Å². The van der Waals surface area contributed by atoms with Gasteiger partial charge in [-0.3, -0.25) is 0 Å². The molecule has 0 N–H and O–H groups in total. The molecule has 3 nitrogen and oxygen atoms in total. The second-order valence-electron chi connectivity index (χ2n) is 2.41. The van der Waals surface area contributed by atoms with Crippen molar-refractivity contribution in [1.29, 1.82) is 0 Å². The molecule has 0 saturated heterocycles. The minimum absolute atomic E-state index is 0.364. The summed E-state index contributed by atoms with van der Waals surface area (Å²) in [5.41, 5.74) is 0. The van der Waals surface area contributed by atoms with E-state index in [0.717, 1.165) is 25.3 Å². The highest BCUT2D eigenvalue weighted by atomic mass is 32.1. The van der Waals surface area contributed by atoms with E-state index in [-0.39, 0.29) is 5.97 Å². The molecule has 0 fully saturated rings. The van der Waals surface area contributed by atoms with Crippen LogP contribution in [0, 0.1) is 0 Å². The smallest absolute Gasteiger partial charge is 0.330 e. The molecule has 0 aliphatic rings. The van der Waals surface area contributed by atoms with Gasteiger partial charge >= 0.3 is 5.97 Å². The van der Waals surface area contributed by atoms with E-state index >= 15 is 0 Å². The van der Waals surface area contributed by atoms with Crippen LogP contribution in [0.5, 0.6) is 0 Å². The summed E-state index contributed by atoms with van der Waals surface area (Å²) >= 11 is 4.41. The van der Waals surface area contributed by atoms with E-state index in [1.165, 1.54) is 0 Å². The average Bonchev–Trinajstić information content (AvgIpc) is 2.16. The van der Waals surface area contributed by atoms with E-state index in [1.807, 2.05) is 0 Å². The topological polar surface area (TPSA) is 38.7 Å². The fourth-order valence-electron chi connectivity index (χ4n) is 0.747. The Morgan fingerprint density at radius 3 is 2.92 bits per heavy atom. The summed E-state index contributed by atoms with van der Waals surface area (Å²) in [5.74, 6) is -0.364. The Morgan fingerprint density at radius 2 is 2.31 bits per heavy atom. The first-order chi connectivity index (χ1) is 6.31. The first kappa shape index (κ1) is 12.0. The SMILES string of the molecule is C=CC(=O)OCCCCCN=C=S. The van der Waals surface area contributed by atoms with Gasteiger partial charge in [-0.15, -0.1) is 0 Å². The number of esters is 1. The van der Waals surface area contributed by atoms with Crippen LogP contribution < -0.4 is 0 Å². The number of hydrogen-bond acceptors (Lipinski definition) is 4. The number of isothiocyanates is 1. The zero-order chi connectivity index (χ0) is 9.94. The van der Waals surface area contributed by atoms with Crippen molar-refractivity contribution in [2.75, 3.05) is 13.2 Å². The summed E-state index contributed by atoms with van der Waals surface area (Å²) in [6.07, 6.45) is 3.95. The monoisotopic (exact) mass is 199 g/mol. The van der Waals surface area contributed by atoms with Crippen LogP contribution in [-0.4, -0.2) is 24.3 Å². The van der Waals surface area contributed by atoms with Crippen LogP contribution in [0.15, 0.2) is 17.6 Å². The lowest BCUT2D eigenvalue weighted by atomic mass is 10.2. The van der Waals surface area contributed by atoms with Crippen LogP contribution in [-0.2, 0) is 9.53 Å². The number of carbonyl (C=O) groups is 1. The van der Waals surface area contributed by atoms with Gasteiger partial charge in [0.25, 0.3) is 0 Å². The third-order valence-electron chi connectivity index (χ3n) is 1.39. The number of hydrogen-bond donors (Lipinski definition) is 0. The summed E-state index contributed by atoms with van der Waals surface area (Å²) < 4.78 is 4.77. The number of ether oxygens (including phenoxy) is 1. The van der Waals surface area contributed by atoms with Crippen molar-refractivity contribution in [2.45, 2.75) is 19.3 Å². The molecule has 0 unspecified atom stereocenters. The molecule has 0 heterocycles. The second-order valence-corrected chi connectivity index (χ2v) is 2.59. The van der Waals surface area contributed by atoms with Crippen LogP contribution in [0.1, 0.15) is 19.3 Å². The van der Waals surface area contributed by atoms with E-state index in [4.69, 9.17) is 4.74 Å². The minimum Gasteiger partial charge on any atom is -0.463 e. The summed E-state index contributed by atoms with van der Waals surface area (Å²) in [7, 11) is 0. The van der Waals surface area contributed by atoms with Gasteiger partial charge in [0.05, 0.1) is 11.8 Å². The Bertz CT molecular complexity index is 210. The van der Waals surface area contributed by atoms with Gasteiger partial charge in [0.2, 0.25) is 0 Å². The van der Waals surface area contributed by atoms with E-state index < -0.39 is 0 Å². The Kier molecular flexibility index (Phi) is 8.41. The maximum absolute atomic E-state index is 10.6. The summed E-state index contributed by atoms with van der Waals surface area (Å²) in [5, 5.41) is 2.30. The zero-order valence-electron chi connectivity index (χ0n) is 7.49. The van der Waals surface area contributed by atoms with E-state index in [9.17, 15) is 4.79 Å². The highest BCUT2D eigenvalue weighted by molar-refractivity contribution is 7.78. The first-order valence-electron chi connectivity index (χ1n) is 4.14. The molecule has 0 aromatic rings. The third-order valence-corrected chi connectivity index (χ3v) is 1.52. The van der Waals surface area contributed by atoms with Crippen molar-refractivity contribution in [2.24, 2.45) is 4.99 Å². The molecule has 0 aliphatic carbocycles. The maximum Gasteiger partial charge on any atom is 0.330 e. The molecule has 0 spiro atoms. The summed E-state index contributed by atoms with van der Waals surface area (Å²) in [6.45, 7) is 4.45. The molecule has 0 aromatic carbocycles. The van der Waals surface area contributed by atoms with Crippen LogP contribution in [0.4, 0.5) is 0 Å². The molecule has 0 atom stereocenters. The quantitative estimate of drug-likeness (QED) is 0.207. The molecule has 13 heavy (non-hydrogen) atoms. The lowest BCUT2D eigenvalue weighted by Crippen LogP contribution is -2.01. The Morgan fingerprint density at radius 1 is 1.54 bits per heavy atom. The summed E-state index contributed by atoms with van der Waals surface area (Å²) in [6, 6.07) is 0. The lowest BCUT2D eigenvalue weighted by Gasteiger charge is -1.99. The molecule has 0 radical (unpaired) electrons. The van der Waals surface area contributed by atoms with Crippen molar-refractivity contribution in [3.63, 3.8) is 0 Å². The Labute approximate surface area is 83.5 Å². The van der Waals surface area contributed by atoms with Gasteiger partial charge in [0.15, 0.2) is 0 Å². The number of thiocarbonyl (C=S) groups is 1. The third kappa shape index (κ3) is 8.92. The maximum atomic E-state index is 10.6. The molecule has 0 rings (SSSR count). The molecule has 0 bridgehead atoms. The van der Waals surface area contributed by atoms with Crippen LogP contribution in [0.3, 0.4) is 0 Å². The van der Waals surface area contributed by atoms with E-state index in [0.29, 0.717) is 13.2 Å². The molecular weight excluding hydrogens is 186 g/mol. The number of aliphatic imine (C=N–C) groups is 1.